The average Bonchev–Trinajstić information content (AvgIpc) is 3.13. The number of aromatic nitrogens is 2. The molecule has 152 valence electrons. The van der Waals surface area contributed by atoms with E-state index >= 15 is 0 Å². The van der Waals surface area contributed by atoms with E-state index in [1.165, 1.54) is 0 Å². The van der Waals surface area contributed by atoms with Crippen molar-refractivity contribution in [2.45, 2.75) is 19.6 Å². The predicted molar refractivity (Wildman–Crippen MR) is 91.0 cm³/mol. The highest BCUT2D eigenvalue weighted by Crippen LogP contribution is 2.31. The zero-order valence-corrected chi connectivity index (χ0v) is 15.5. The lowest BCUT2D eigenvalue weighted by Gasteiger charge is -2.40. The Labute approximate surface area is 159 Å². The standard InChI is InChI=1S/C18H20F3N3O4/c1-17(10-27-11-17)16(25)24(7-8-26-2)9-12-3-5-13(6-4-12)14-22-15(28-23-14)18(19,20)21/h3-6H,7-11H2,1-2H3. The normalized spacial score (nSPS) is 15.9. The molecule has 0 radical (unpaired) electrons. The Kier molecular flexibility index (Phi) is 5.71. The minimum absolute atomic E-state index is 0.0205. The maximum Gasteiger partial charge on any atom is 0.471 e. The number of rotatable bonds is 7. The second-order valence-corrected chi connectivity index (χ2v) is 6.89. The van der Waals surface area contributed by atoms with Gasteiger partial charge in [-0.1, -0.05) is 29.4 Å². The molecule has 3 rings (SSSR count). The number of alkyl halides is 3. The SMILES string of the molecule is COCCN(Cc1ccc(-c2noc(C(F)(F)F)n2)cc1)C(=O)C1(C)COC1. The maximum absolute atomic E-state index is 12.8. The summed E-state index contributed by atoms with van der Waals surface area (Å²) < 4.78 is 52.2. The predicted octanol–water partition coefficient (Wildman–Crippen LogP) is 2.77. The van der Waals surface area contributed by atoms with Crippen LogP contribution in [0.1, 0.15) is 18.4 Å². The van der Waals surface area contributed by atoms with Gasteiger partial charge in [0.1, 0.15) is 0 Å². The third kappa shape index (κ3) is 4.33. The highest BCUT2D eigenvalue weighted by atomic mass is 19.4. The van der Waals surface area contributed by atoms with Gasteiger partial charge in [0.2, 0.25) is 11.7 Å². The molecular weight excluding hydrogens is 379 g/mol. The number of amides is 1. The van der Waals surface area contributed by atoms with E-state index in [1.54, 1.807) is 36.3 Å². The maximum atomic E-state index is 12.8. The molecule has 1 aliphatic heterocycles. The first-order valence-electron chi connectivity index (χ1n) is 8.59. The van der Waals surface area contributed by atoms with E-state index in [1.807, 2.05) is 6.92 Å². The zero-order chi connectivity index (χ0) is 20.4. The number of carbonyl (C=O) groups excluding carboxylic acids is 1. The average molecular weight is 399 g/mol. The number of hydrogen-bond donors (Lipinski definition) is 0. The Bertz CT molecular complexity index is 816. The van der Waals surface area contributed by atoms with Crippen molar-refractivity contribution in [1.82, 2.24) is 15.0 Å². The number of benzene rings is 1. The molecule has 1 fully saturated rings. The van der Waals surface area contributed by atoms with Crippen LogP contribution >= 0.6 is 0 Å². The molecule has 2 aromatic rings. The number of hydrogen-bond acceptors (Lipinski definition) is 6. The number of carbonyl (C=O) groups is 1. The van der Waals surface area contributed by atoms with Crippen LogP contribution < -0.4 is 0 Å². The highest BCUT2D eigenvalue weighted by molar-refractivity contribution is 5.83. The van der Waals surface area contributed by atoms with Gasteiger partial charge in [0.05, 0.1) is 25.2 Å². The number of ether oxygens (including phenoxy) is 2. The van der Waals surface area contributed by atoms with Gasteiger partial charge in [-0.25, -0.2) is 0 Å². The van der Waals surface area contributed by atoms with Crippen molar-refractivity contribution in [3.8, 4) is 11.4 Å². The summed E-state index contributed by atoms with van der Waals surface area (Å²) in [5.41, 5.74) is 0.667. The molecule has 1 aromatic heterocycles. The summed E-state index contributed by atoms with van der Waals surface area (Å²) in [4.78, 5) is 17.9. The summed E-state index contributed by atoms with van der Waals surface area (Å²) in [6.45, 7) is 3.78. The molecule has 0 atom stereocenters. The smallest absolute Gasteiger partial charge is 0.383 e. The Morgan fingerprint density at radius 1 is 1.29 bits per heavy atom. The van der Waals surface area contributed by atoms with Gasteiger partial charge < -0.3 is 18.9 Å². The Morgan fingerprint density at radius 3 is 2.46 bits per heavy atom. The van der Waals surface area contributed by atoms with Gasteiger partial charge in [-0.05, 0) is 12.5 Å². The van der Waals surface area contributed by atoms with Crippen molar-refractivity contribution in [3.05, 3.63) is 35.7 Å². The van der Waals surface area contributed by atoms with E-state index in [0.29, 0.717) is 38.5 Å². The molecule has 28 heavy (non-hydrogen) atoms. The quantitative estimate of drug-likeness (QED) is 0.713. The van der Waals surface area contributed by atoms with E-state index in [0.717, 1.165) is 5.56 Å². The minimum atomic E-state index is -4.69. The Morgan fingerprint density at radius 2 is 1.96 bits per heavy atom. The topological polar surface area (TPSA) is 77.7 Å². The lowest BCUT2D eigenvalue weighted by molar-refractivity contribution is -0.170. The molecule has 0 bridgehead atoms. The lowest BCUT2D eigenvalue weighted by atomic mass is 9.86. The van der Waals surface area contributed by atoms with Crippen molar-refractivity contribution in [2.75, 3.05) is 33.5 Å². The second kappa shape index (κ2) is 7.88. The van der Waals surface area contributed by atoms with Crippen molar-refractivity contribution in [3.63, 3.8) is 0 Å². The molecule has 1 aromatic carbocycles. The van der Waals surface area contributed by atoms with Crippen molar-refractivity contribution >= 4 is 5.91 Å². The first kappa shape index (κ1) is 20.3. The van der Waals surface area contributed by atoms with Crippen LogP contribution in [-0.2, 0) is 27.0 Å². The van der Waals surface area contributed by atoms with Gasteiger partial charge in [-0.15, -0.1) is 0 Å². The third-order valence-corrected chi connectivity index (χ3v) is 4.46. The third-order valence-electron chi connectivity index (χ3n) is 4.46. The van der Waals surface area contributed by atoms with Crippen molar-refractivity contribution in [1.29, 1.82) is 0 Å². The summed E-state index contributed by atoms with van der Waals surface area (Å²) >= 11 is 0. The first-order valence-corrected chi connectivity index (χ1v) is 8.59. The lowest BCUT2D eigenvalue weighted by Crippen LogP contribution is -2.53. The van der Waals surface area contributed by atoms with Gasteiger partial charge in [-0.3, -0.25) is 4.79 Å². The van der Waals surface area contributed by atoms with Gasteiger partial charge in [0.15, 0.2) is 0 Å². The summed E-state index contributed by atoms with van der Waals surface area (Å²) in [5, 5.41) is 3.36. The van der Waals surface area contributed by atoms with Crippen LogP contribution in [0.5, 0.6) is 0 Å². The molecule has 0 spiro atoms. The zero-order valence-electron chi connectivity index (χ0n) is 15.5. The van der Waals surface area contributed by atoms with Crippen LogP contribution in [0.15, 0.2) is 28.8 Å². The number of methoxy groups -OCH3 is 1. The van der Waals surface area contributed by atoms with Crippen LogP contribution in [0.4, 0.5) is 13.2 Å². The van der Waals surface area contributed by atoms with E-state index in [9.17, 15) is 18.0 Å². The van der Waals surface area contributed by atoms with Crippen LogP contribution in [0.2, 0.25) is 0 Å². The number of nitrogens with zero attached hydrogens (tertiary/aromatic N) is 3. The van der Waals surface area contributed by atoms with Gasteiger partial charge >= 0.3 is 12.1 Å². The number of halogens is 3. The Balaban J connectivity index is 1.72. The van der Waals surface area contributed by atoms with Crippen LogP contribution in [0.3, 0.4) is 0 Å². The largest absolute Gasteiger partial charge is 0.471 e. The molecule has 1 amide bonds. The van der Waals surface area contributed by atoms with Crippen LogP contribution in [0, 0.1) is 5.41 Å². The first-order chi connectivity index (χ1) is 13.2. The van der Waals surface area contributed by atoms with E-state index < -0.39 is 17.5 Å². The van der Waals surface area contributed by atoms with E-state index in [2.05, 4.69) is 14.7 Å². The monoisotopic (exact) mass is 399 g/mol. The van der Waals surface area contributed by atoms with Crippen LogP contribution in [-0.4, -0.2) is 54.4 Å². The molecule has 0 saturated carbocycles. The fourth-order valence-corrected chi connectivity index (χ4v) is 2.80. The second-order valence-electron chi connectivity index (χ2n) is 6.89. The highest BCUT2D eigenvalue weighted by Gasteiger charge is 2.43. The summed E-state index contributed by atoms with van der Waals surface area (Å²) in [7, 11) is 1.56. The van der Waals surface area contributed by atoms with E-state index in [4.69, 9.17) is 9.47 Å². The van der Waals surface area contributed by atoms with Crippen molar-refractivity contribution < 1.29 is 32.0 Å². The Hall–Kier alpha value is -2.46. The minimum Gasteiger partial charge on any atom is -0.383 e. The molecule has 2 heterocycles. The van der Waals surface area contributed by atoms with Gasteiger partial charge in [0, 0.05) is 25.8 Å². The van der Waals surface area contributed by atoms with Crippen LogP contribution in [0.25, 0.3) is 11.4 Å². The molecule has 7 nitrogen and oxygen atoms in total. The summed E-state index contributed by atoms with van der Waals surface area (Å²) in [6, 6.07) is 6.61. The molecule has 1 aliphatic rings. The summed E-state index contributed by atoms with van der Waals surface area (Å²) in [6.07, 6.45) is -4.69. The van der Waals surface area contributed by atoms with E-state index in [-0.39, 0.29) is 11.7 Å². The molecule has 1 saturated heterocycles. The molecule has 10 heteroatoms. The van der Waals surface area contributed by atoms with Gasteiger partial charge in [-0.2, -0.15) is 18.2 Å². The summed E-state index contributed by atoms with van der Waals surface area (Å²) in [5.74, 6) is -1.56. The fraction of sp³-hybridized carbons (Fsp3) is 0.500. The molecule has 0 N–H and O–H groups in total. The van der Waals surface area contributed by atoms with Crippen molar-refractivity contribution in [2.24, 2.45) is 5.41 Å². The fourth-order valence-electron chi connectivity index (χ4n) is 2.80. The molecular formula is C18H20F3N3O4. The molecule has 0 aliphatic carbocycles. The van der Waals surface area contributed by atoms with Gasteiger partial charge in [0.25, 0.3) is 0 Å². The molecule has 0 unspecified atom stereocenters.